The Hall–Kier alpha value is -2.05. The molecule has 0 saturated carbocycles. The van der Waals surface area contributed by atoms with E-state index >= 15 is 0 Å². The number of hydrogen-bond donors (Lipinski definition) is 2. The molecule has 0 bridgehead atoms. The normalized spacial score (nSPS) is 11.0. The lowest BCUT2D eigenvalue weighted by molar-refractivity contribution is 0.102. The van der Waals surface area contributed by atoms with Crippen LogP contribution in [0.1, 0.15) is 17.3 Å². The van der Waals surface area contributed by atoms with Crippen LogP contribution in [0.15, 0.2) is 48.5 Å². The summed E-state index contributed by atoms with van der Waals surface area (Å²) < 4.78 is 25.5. The third kappa shape index (κ3) is 4.47. The molecule has 0 fully saturated rings. The number of rotatable bonds is 5. The van der Waals surface area contributed by atoms with Gasteiger partial charge in [-0.2, -0.15) is 0 Å². The van der Waals surface area contributed by atoms with Crippen LogP contribution in [0, 0.1) is 0 Å². The first-order chi connectivity index (χ1) is 10.4. The van der Waals surface area contributed by atoms with Gasteiger partial charge < -0.3 is 5.32 Å². The van der Waals surface area contributed by atoms with E-state index in [0.29, 0.717) is 22.0 Å². The first-order valence-electron chi connectivity index (χ1n) is 6.57. The van der Waals surface area contributed by atoms with Gasteiger partial charge in [0.25, 0.3) is 5.91 Å². The number of nitrogens with one attached hydrogen (secondary N) is 2. The van der Waals surface area contributed by atoms with Crippen molar-refractivity contribution in [3.8, 4) is 0 Å². The van der Waals surface area contributed by atoms with E-state index < -0.39 is 10.0 Å². The van der Waals surface area contributed by atoms with Gasteiger partial charge in [-0.15, -0.1) is 0 Å². The third-order valence-electron chi connectivity index (χ3n) is 2.86. The highest BCUT2D eigenvalue weighted by atomic mass is 35.5. The summed E-state index contributed by atoms with van der Waals surface area (Å²) in [5, 5.41) is 3.22. The largest absolute Gasteiger partial charge is 0.322 e. The van der Waals surface area contributed by atoms with Gasteiger partial charge in [0.05, 0.1) is 5.75 Å². The second-order valence-electron chi connectivity index (χ2n) is 4.55. The monoisotopic (exact) mass is 338 g/mol. The van der Waals surface area contributed by atoms with Crippen LogP contribution in [0.25, 0.3) is 0 Å². The van der Waals surface area contributed by atoms with Crippen LogP contribution in [-0.4, -0.2) is 20.1 Å². The number of amides is 1. The van der Waals surface area contributed by atoms with Crippen molar-refractivity contribution in [1.29, 1.82) is 0 Å². The summed E-state index contributed by atoms with van der Waals surface area (Å²) in [7, 11) is -3.38. The lowest BCUT2D eigenvalue weighted by Gasteiger charge is -2.09. The quantitative estimate of drug-likeness (QED) is 0.877. The Morgan fingerprint density at radius 2 is 1.77 bits per heavy atom. The van der Waals surface area contributed by atoms with E-state index in [4.69, 9.17) is 11.6 Å². The zero-order valence-electron chi connectivity index (χ0n) is 11.8. The average molecular weight is 339 g/mol. The molecule has 0 aliphatic carbocycles. The van der Waals surface area contributed by atoms with Crippen LogP contribution in [0.3, 0.4) is 0 Å². The van der Waals surface area contributed by atoms with Crippen LogP contribution in [0.5, 0.6) is 0 Å². The Kier molecular flexibility index (Phi) is 5.05. The van der Waals surface area contributed by atoms with Crippen LogP contribution < -0.4 is 10.0 Å². The van der Waals surface area contributed by atoms with Gasteiger partial charge in [0.1, 0.15) is 0 Å². The molecule has 22 heavy (non-hydrogen) atoms. The SMILES string of the molecule is CCS(=O)(=O)Nc1cccc(C(=O)Nc2cccc(Cl)c2)c1. The van der Waals surface area contributed by atoms with Crippen molar-refractivity contribution in [2.24, 2.45) is 0 Å². The molecular weight excluding hydrogens is 324 g/mol. The summed E-state index contributed by atoms with van der Waals surface area (Å²) in [6.45, 7) is 1.54. The maximum Gasteiger partial charge on any atom is 0.255 e. The molecule has 5 nitrogen and oxygen atoms in total. The lowest BCUT2D eigenvalue weighted by Crippen LogP contribution is -2.16. The van der Waals surface area contributed by atoms with Gasteiger partial charge in [-0.25, -0.2) is 8.42 Å². The Morgan fingerprint density at radius 1 is 1.09 bits per heavy atom. The molecule has 0 spiro atoms. The second kappa shape index (κ2) is 6.81. The zero-order chi connectivity index (χ0) is 16.2. The average Bonchev–Trinajstić information content (AvgIpc) is 2.47. The molecule has 1 amide bonds. The molecule has 0 atom stereocenters. The summed E-state index contributed by atoms with van der Waals surface area (Å²) >= 11 is 5.86. The molecule has 2 aromatic carbocycles. The molecular formula is C15H15ClN2O3S. The molecule has 2 N–H and O–H groups in total. The fourth-order valence-corrected chi connectivity index (χ4v) is 2.57. The number of halogens is 1. The zero-order valence-corrected chi connectivity index (χ0v) is 13.4. The Balaban J connectivity index is 2.17. The van der Waals surface area contributed by atoms with E-state index in [2.05, 4.69) is 10.0 Å². The predicted octanol–water partition coefficient (Wildman–Crippen LogP) is 3.35. The highest BCUT2D eigenvalue weighted by molar-refractivity contribution is 7.92. The van der Waals surface area contributed by atoms with Crippen LogP contribution in [0.4, 0.5) is 11.4 Å². The van der Waals surface area contributed by atoms with Crippen molar-refractivity contribution in [2.75, 3.05) is 15.8 Å². The number of sulfonamides is 1. The molecule has 0 aromatic heterocycles. The number of carbonyl (C=O) groups excluding carboxylic acids is 1. The maximum atomic E-state index is 12.2. The smallest absolute Gasteiger partial charge is 0.255 e. The highest BCUT2D eigenvalue weighted by Crippen LogP contribution is 2.17. The van der Waals surface area contributed by atoms with Crippen LogP contribution in [0.2, 0.25) is 5.02 Å². The summed E-state index contributed by atoms with van der Waals surface area (Å²) in [6.07, 6.45) is 0. The van der Waals surface area contributed by atoms with E-state index in [0.717, 1.165) is 0 Å². The van der Waals surface area contributed by atoms with E-state index in [1.807, 2.05) is 0 Å². The molecule has 0 radical (unpaired) electrons. The number of anilines is 2. The van der Waals surface area contributed by atoms with Gasteiger partial charge >= 0.3 is 0 Å². The Bertz CT molecular complexity index is 791. The molecule has 0 aliphatic heterocycles. The van der Waals surface area contributed by atoms with Gasteiger partial charge in [-0.05, 0) is 43.3 Å². The number of hydrogen-bond acceptors (Lipinski definition) is 3. The minimum Gasteiger partial charge on any atom is -0.322 e. The molecule has 0 aliphatic rings. The summed E-state index contributed by atoms with van der Waals surface area (Å²) in [4.78, 5) is 12.2. The van der Waals surface area contributed by atoms with Crippen molar-refractivity contribution >= 4 is 38.9 Å². The third-order valence-corrected chi connectivity index (χ3v) is 4.40. The molecule has 116 valence electrons. The van der Waals surface area contributed by atoms with Gasteiger partial charge in [0.2, 0.25) is 10.0 Å². The second-order valence-corrected chi connectivity index (χ2v) is 7.00. The van der Waals surface area contributed by atoms with E-state index in [1.54, 1.807) is 42.5 Å². The fraction of sp³-hybridized carbons (Fsp3) is 0.133. The number of carbonyl (C=O) groups is 1. The molecule has 2 aromatic rings. The fourth-order valence-electron chi connectivity index (χ4n) is 1.75. The van der Waals surface area contributed by atoms with Gasteiger partial charge in [0, 0.05) is 22.0 Å². The maximum absolute atomic E-state index is 12.2. The van der Waals surface area contributed by atoms with E-state index in [-0.39, 0.29) is 11.7 Å². The summed E-state index contributed by atoms with van der Waals surface area (Å²) in [6, 6.07) is 13.1. The molecule has 0 saturated heterocycles. The van der Waals surface area contributed by atoms with Crippen molar-refractivity contribution in [1.82, 2.24) is 0 Å². The Morgan fingerprint density at radius 3 is 2.45 bits per heavy atom. The molecule has 0 heterocycles. The Labute approximate surface area is 134 Å². The lowest BCUT2D eigenvalue weighted by atomic mass is 10.2. The minimum atomic E-state index is -3.38. The highest BCUT2D eigenvalue weighted by Gasteiger charge is 2.10. The van der Waals surface area contributed by atoms with Crippen LogP contribution in [-0.2, 0) is 10.0 Å². The van der Waals surface area contributed by atoms with E-state index in [9.17, 15) is 13.2 Å². The standard InChI is InChI=1S/C15H15ClN2O3S/c1-2-22(20,21)18-14-8-3-5-11(9-14)15(19)17-13-7-4-6-12(16)10-13/h3-10,18H,2H2,1H3,(H,17,19). The van der Waals surface area contributed by atoms with Crippen molar-refractivity contribution in [2.45, 2.75) is 6.92 Å². The summed E-state index contributed by atoms with van der Waals surface area (Å²) in [5.41, 5.74) is 1.26. The topological polar surface area (TPSA) is 75.3 Å². The molecule has 0 unspecified atom stereocenters. The van der Waals surface area contributed by atoms with Crippen molar-refractivity contribution < 1.29 is 13.2 Å². The van der Waals surface area contributed by atoms with Gasteiger partial charge in [0.15, 0.2) is 0 Å². The van der Waals surface area contributed by atoms with Crippen molar-refractivity contribution in [3.05, 3.63) is 59.1 Å². The van der Waals surface area contributed by atoms with Gasteiger partial charge in [-0.3, -0.25) is 9.52 Å². The van der Waals surface area contributed by atoms with Crippen LogP contribution >= 0.6 is 11.6 Å². The molecule has 7 heteroatoms. The van der Waals surface area contributed by atoms with Crippen molar-refractivity contribution in [3.63, 3.8) is 0 Å². The van der Waals surface area contributed by atoms with Gasteiger partial charge in [-0.1, -0.05) is 23.7 Å². The number of benzene rings is 2. The minimum absolute atomic E-state index is 0.0358. The summed E-state index contributed by atoms with van der Waals surface area (Å²) in [5.74, 6) is -0.383. The molecule has 2 rings (SSSR count). The predicted molar refractivity (Wildman–Crippen MR) is 88.9 cm³/mol. The first-order valence-corrected chi connectivity index (χ1v) is 8.60. The first kappa shape index (κ1) is 16.3. The van der Waals surface area contributed by atoms with E-state index in [1.165, 1.54) is 13.0 Å².